The van der Waals surface area contributed by atoms with Crippen LogP contribution in [-0.4, -0.2) is 19.8 Å². The molecule has 0 saturated carbocycles. The van der Waals surface area contributed by atoms with E-state index in [2.05, 4.69) is 72.8 Å². The van der Waals surface area contributed by atoms with E-state index in [1.807, 2.05) is 18.2 Å². The summed E-state index contributed by atoms with van der Waals surface area (Å²) in [6.07, 6.45) is 15.8. The van der Waals surface area contributed by atoms with Crippen LogP contribution in [0.5, 0.6) is 23.0 Å². The van der Waals surface area contributed by atoms with Crippen LogP contribution < -0.4 is 18.9 Å². The molecule has 1 heterocycles. The van der Waals surface area contributed by atoms with Gasteiger partial charge in [0.25, 0.3) is 0 Å². The van der Waals surface area contributed by atoms with Crippen molar-refractivity contribution >= 4 is 0 Å². The normalized spacial score (nSPS) is 17.0. The molecule has 4 nitrogen and oxygen atoms in total. The summed E-state index contributed by atoms with van der Waals surface area (Å²) in [6, 6.07) is 8.02. The number of fused-ring (bicyclic) bond motifs is 1. The van der Waals surface area contributed by atoms with Gasteiger partial charge in [-0.15, -0.1) is 0 Å². The molecular weight excluding hydrogens is 508 g/mol. The molecule has 2 aromatic rings. The quantitative estimate of drug-likeness (QED) is 0.215. The Morgan fingerprint density at radius 2 is 1.44 bits per heavy atom. The molecule has 1 aliphatic rings. The van der Waals surface area contributed by atoms with Crippen LogP contribution in [0.15, 0.2) is 59.2 Å². The molecule has 0 saturated heterocycles. The molecule has 0 bridgehead atoms. The third kappa shape index (κ3) is 9.73. The van der Waals surface area contributed by atoms with Crippen LogP contribution in [0.25, 0.3) is 0 Å². The summed E-state index contributed by atoms with van der Waals surface area (Å²) in [5, 5.41) is 0. The first kappa shape index (κ1) is 32.4. The van der Waals surface area contributed by atoms with E-state index >= 15 is 0 Å². The molecule has 0 radical (unpaired) electrons. The van der Waals surface area contributed by atoms with Crippen LogP contribution in [0, 0.1) is 13.8 Å². The highest BCUT2D eigenvalue weighted by molar-refractivity contribution is 5.54. The average molecular weight is 561 g/mol. The molecule has 0 spiro atoms. The van der Waals surface area contributed by atoms with Gasteiger partial charge < -0.3 is 18.9 Å². The van der Waals surface area contributed by atoms with Gasteiger partial charge in [0.15, 0.2) is 0 Å². The maximum atomic E-state index is 6.73. The van der Waals surface area contributed by atoms with Gasteiger partial charge in [0.1, 0.15) is 35.2 Å². The highest BCUT2D eigenvalue weighted by atomic mass is 16.5. The summed E-state index contributed by atoms with van der Waals surface area (Å²) in [6.45, 7) is 15.9. The summed E-state index contributed by atoms with van der Waals surface area (Å²) in [4.78, 5) is 0. The fourth-order valence-corrected chi connectivity index (χ4v) is 5.35. The summed E-state index contributed by atoms with van der Waals surface area (Å²) >= 11 is 0. The first-order valence-corrected chi connectivity index (χ1v) is 15.1. The molecule has 4 heteroatoms. The van der Waals surface area contributed by atoms with Crippen LogP contribution >= 0.6 is 0 Å². The molecule has 0 unspecified atom stereocenters. The van der Waals surface area contributed by atoms with Gasteiger partial charge in [-0.25, -0.2) is 0 Å². The summed E-state index contributed by atoms with van der Waals surface area (Å²) in [5.74, 6) is 3.48. The molecule has 41 heavy (non-hydrogen) atoms. The van der Waals surface area contributed by atoms with E-state index in [1.54, 1.807) is 14.2 Å². The Morgan fingerprint density at radius 3 is 2.05 bits per heavy atom. The zero-order chi connectivity index (χ0) is 30.0. The largest absolute Gasteiger partial charge is 0.497 e. The zero-order valence-electron chi connectivity index (χ0n) is 27.0. The van der Waals surface area contributed by atoms with Gasteiger partial charge in [-0.3, -0.25) is 0 Å². The number of aryl methyl sites for hydroxylation is 1. The molecule has 0 fully saturated rings. The van der Waals surface area contributed by atoms with Gasteiger partial charge >= 0.3 is 0 Å². The molecule has 1 atom stereocenters. The Hall–Kier alpha value is -3.14. The van der Waals surface area contributed by atoms with Crippen LogP contribution in [0.4, 0.5) is 0 Å². The second-order valence-corrected chi connectivity index (χ2v) is 12.2. The molecule has 0 N–H and O–H groups in total. The molecule has 3 rings (SSSR count). The van der Waals surface area contributed by atoms with Crippen molar-refractivity contribution < 1.29 is 18.9 Å². The van der Waals surface area contributed by atoms with Crippen molar-refractivity contribution in [2.24, 2.45) is 0 Å². The van der Waals surface area contributed by atoms with E-state index in [1.165, 1.54) is 27.8 Å². The van der Waals surface area contributed by atoms with Crippen molar-refractivity contribution in [2.75, 3.05) is 14.2 Å². The van der Waals surface area contributed by atoms with Gasteiger partial charge in [-0.05, 0) is 140 Å². The van der Waals surface area contributed by atoms with E-state index in [0.717, 1.165) is 85.5 Å². The zero-order valence-corrected chi connectivity index (χ0v) is 27.0. The molecule has 0 amide bonds. The van der Waals surface area contributed by atoms with Crippen molar-refractivity contribution in [3.63, 3.8) is 0 Å². The number of benzene rings is 2. The van der Waals surface area contributed by atoms with Crippen molar-refractivity contribution in [1.82, 2.24) is 0 Å². The van der Waals surface area contributed by atoms with Gasteiger partial charge in [0.05, 0.1) is 14.2 Å². The monoisotopic (exact) mass is 560 g/mol. The summed E-state index contributed by atoms with van der Waals surface area (Å²) < 4.78 is 23.9. The molecule has 0 aromatic heterocycles. The molecule has 1 aliphatic heterocycles. The van der Waals surface area contributed by atoms with Crippen molar-refractivity contribution in [3.8, 4) is 23.0 Å². The number of hydrogen-bond donors (Lipinski definition) is 0. The second kappa shape index (κ2) is 15.2. The minimum atomic E-state index is -0.151. The topological polar surface area (TPSA) is 36.9 Å². The van der Waals surface area contributed by atoms with Crippen molar-refractivity contribution in [3.05, 3.63) is 81.5 Å². The van der Waals surface area contributed by atoms with Crippen molar-refractivity contribution in [1.29, 1.82) is 0 Å². The Morgan fingerprint density at radius 1 is 0.829 bits per heavy atom. The fourth-order valence-electron chi connectivity index (χ4n) is 5.35. The van der Waals surface area contributed by atoms with Crippen LogP contribution in [-0.2, 0) is 13.0 Å². The van der Waals surface area contributed by atoms with E-state index in [-0.39, 0.29) is 5.60 Å². The predicted octanol–water partition coefficient (Wildman–Crippen LogP) is 10.2. The lowest BCUT2D eigenvalue weighted by Crippen LogP contribution is -2.36. The standard InChI is InChI=1S/C37H52O4/c1-26(2)13-10-14-27(3)15-11-16-28(4)17-12-19-37(7)20-18-32-23-35(29(5)30(6)36(32)41-37)40-25-31-21-33(38-8)24-34(22-31)39-9/h13,15,17,21-24H,10-12,14,16,18-20,25H2,1-9H3/b27-15+,28-17+/t37-/m1/s1. The summed E-state index contributed by atoms with van der Waals surface area (Å²) in [5.41, 5.74) is 8.77. The second-order valence-electron chi connectivity index (χ2n) is 12.2. The van der Waals surface area contributed by atoms with Gasteiger partial charge in [-0.1, -0.05) is 34.9 Å². The lowest BCUT2D eigenvalue weighted by Gasteiger charge is -2.37. The third-order valence-electron chi connectivity index (χ3n) is 8.24. The lowest BCUT2D eigenvalue weighted by atomic mass is 9.86. The average Bonchev–Trinajstić information content (AvgIpc) is 2.94. The number of hydrogen-bond acceptors (Lipinski definition) is 4. The summed E-state index contributed by atoms with van der Waals surface area (Å²) in [7, 11) is 3.33. The Bertz CT molecular complexity index is 1240. The van der Waals surface area contributed by atoms with E-state index in [9.17, 15) is 0 Å². The van der Waals surface area contributed by atoms with Crippen LogP contribution in [0.2, 0.25) is 0 Å². The number of rotatable bonds is 14. The van der Waals surface area contributed by atoms with Gasteiger partial charge in [0.2, 0.25) is 0 Å². The Labute approximate surface area is 249 Å². The van der Waals surface area contributed by atoms with Crippen molar-refractivity contribution in [2.45, 2.75) is 112 Å². The highest BCUT2D eigenvalue weighted by Crippen LogP contribution is 2.42. The van der Waals surface area contributed by atoms with Gasteiger partial charge in [-0.2, -0.15) is 0 Å². The molecule has 0 aliphatic carbocycles. The SMILES string of the molecule is COc1cc(COc2cc3c(c(C)c2C)O[C@](C)(CC/C=C(\C)CC/C=C(\C)CCC=C(C)C)CC3)cc(OC)c1. The predicted molar refractivity (Wildman–Crippen MR) is 172 cm³/mol. The third-order valence-corrected chi connectivity index (χ3v) is 8.24. The number of ether oxygens (including phenoxy) is 4. The van der Waals surface area contributed by atoms with E-state index in [0.29, 0.717) is 6.61 Å². The first-order chi connectivity index (χ1) is 19.5. The lowest BCUT2D eigenvalue weighted by molar-refractivity contribution is 0.0560. The Balaban J connectivity index is 1.56. The highest BCUT2D eigenvalue weighted by Gasteiger charge is 2.33. The Kier molecular flexibility index (Phi) is 12.0. The molecular formula is C37H52O4. The smallest absolute Gasteiger partial charge is 0.126 e. The van der Waals surface area contributed by atoms with Crippen LogP contribution in [0.1, 0.15) is 102 Å². The molecule has 2 aromatic carbocycles. The van der Waals surface area contributed by atoms with E-state index in [4.69, 9.17) is 18.9 Å². The maximum Gasteiger partial charge on any atom is 0.126 e. The first-order valence-electron chi connectivity index (χ1n) is 15.1. The minimum Gasteiger partial charge on any atom is -0.497 e. The maximum absolute atomic E-state index is 6.73. The van der Waals surface area contributed by atoms with Gasteiger partial charge in [0, 0.05) is 6.07 Å². The molecule has 224 valence electrons. The minimum absolute atomic E-state index is 0.151. The number of methoxy groups -OCH3 is 2. The van der Waals surface area contributed by atoms with E-state index < -0.39 is 0 Å². The van der Waals surface area contributed by atoms with Crippen LogP contribution in [0.3, 0.4) is 0 Å². The number of allylic oxidation sites excluding steroid dienone is 6. The fraction of sp³-hybridized carbons (Fsp3) is 0.514.